The van der Waals surface area contributed by atoms with Crippen LogP contribution in [0.1, 0.15) is 38.3 Å². The third-order valence-corrected chi connectivity index (χ3v) is 3.99. The predicted octanol–water partition coefficient (Wildman–Crippen LogP) is 3.01. The summed E-state index contributed by atoms with van der Waals surface area (Å²) in [4.78, 5) is 5.61. The van der Waals surface area contributed by atoms with Crippen molar-refractivity contribution in [3.63, 3.8) is 0 Å². The van der Waals surface area contributed by atoms with Crippen LogP contribution in [-0.2, 0) is 6.54 Å². The molecule has 0 amide bonds. The highest BCUT2D eigenvalue weighted by Gasteiger charge is 2.19. The molecule has 2 rings (SSSR count). The highest BCUT2D eigenvalue weighted by Crippen LogP contribution is 2.21. The lowest BCUT2D eigenvalue weighted by molar-refractivity contribution is 0.193. The maximum atomic E-state index is 5.38. The molecule has 1 unspecified atom stereocenters. The van der Waals surface area contributed by atoms with Gasteiger partial charge in [0.25, 0.3) is 0 Å². The van der Waals surface area contributed by atoms with Crippen molar-refractivity contribution in [2.24, 2.45) is 5.92 Å². The van der Waals surface area contributed by atoms with E-state index in [-0.39, 0.29) is 0 Å². The Morgan fingerprint density at radius 1 is 1.53 bits per heavy atom. The smallest absolute Gasteiger partial charge is 0.177 e. The molecule has 1 saturated heterocycles. The molecule has 0 saturated carbocycles. The fourth-order valence-electron chi connectivity index (χ4n) is 2.76. The molecule has 2 heterocycles. The summed E-state index contributed by atoms with van der Waals surface area (Å²) in [7, 11) is 2.21. The summed E-state index contributed by atoms with van der Waals surface area (Å²) in [6.07, 6.45) is 4.71. The van der Waals surface area contributed by atoms with Gasteiger partial charge in [0.2, 0.25) is 0 Å². The first-order chi connectivity index (χ1) is 8.08. The normalized spacial score (nSPS) is 22.2. The molecule has 1 aliphatic rings. The third kappa shape index (κ3) is 2.99. The molecule has 17 heavy (non-hydrogen) atoms. The van der Waals surface area contributed by atoms with Gasteiger partial charge in [0.05, 0.1) is 0 Å². The van der Waals surface area contributed by atoms with E-state index >= 15 is 0 Å². The monoisotopic (exact) mass is 253 g/mol. The van der Waals surface area contributed by atoms with Crippen LogP contribution in [0.5, 0.6) is 0 Å². The summed E-state index contributed by atoms with van der Waals surface area (Å²) < 4.78 is 3.17. The minimum Gasteiger partial charge on any atom is -0.337 e. The first-order valence-electron chi connectivity index (χ1n) is 6.54. The second kappa shape index (κ2) is 5.36. The van der Waals surface area contributed by atoms with Crippen molar-refractivity contribution in [3.05, 3.63) is 16.7 Å². The number of aromatic nitrogens is 2. The van der Waals surface area contributed by atoms with Gasteiger partial charge in [-0.15, -0.1) is 0 Å². The number of hydrogen-bond acceptors (Lipinski definition) is 2. The quantitative estimate of drug-likeness (QED) is 0.837. The zero-order valence-corrected chi connectivity index (χ0v) is 11.9. The zero-order chi connectivity index (χ0) is 12.4. The van der Waals surface area contributed by atoms with E-state index < -0.39 is 0 Å². The van der Waals surface area contributed by atoms with E-state index in [9.17, 15) is 0 Å². The second-order valence-electron chi connectivity index (χ2n) is 5.55. The van der Waals surface area contributed by atoms with E-state index in [0.717, 1.165) is 17.2 Å². The van der Waals surface area contributed by atoms with Crippen LogP contribution in [0.2, 0.25) is 0 Å². The summed E-state index contributed by atoms with van der Waals surface area (Å²) in [5, 5.41) is 0. The lowest BCUT2D eigenvalue weighted by Crippen LogP contribution is -2.34. The summed E-state index contributed by atoms with van der Waals surface area (Å²) >= 11 is 5.38. The van der Waals surface area contributed by atoms with Crippen LogP contribution in [0.4, 0.5) is 0 Å². The number of rotatable bonds is 3. The fraction of sp³-hybridized carbons (Fsp3) is 0.769. The first-order valence-corrected chi connectivity index (χ1v) is 6.95. The molecule has 0 spiro atoms. The van der Waals surface area contributed by atoms with Crippen LogP contribution in [0.15, 0.2) is 6.20 Å². The van der Waals surface area contributed by atoms with Gasteiger partial charge >= 0.3 is 0 Å². The predicted molar refractivity (Wildman–Crippen MR) is 73.9 cm³/mol. The Morgan fingerprint density at radius 2 is 2.29 bits per heavy atom. The number of hydrogen-bond donors (Lipinski definition) is 1. The van der Waals surface area contributed by atoms with Gasteiger partial charge in [-0.1, -0.05) is 13.8 Å². The van der Waals surface area contributed by atoms with Crippen molar-refractivity contribution in [1.29, 1.82) is 0 Å². The first kappa shape index (κ1) is 12.8. The third-order valence-electron chi connectivity index (χ3n) is 3.65. The van der Waals surface area contributed by atoms with Crippen LogP contribution < -0.4 is 0 Å². The van der Waals surface area contributed by atoms with Crippen LogP contribution in [0.3, 0.4) is 0 Å². The number of imidazole rings is 1. The molecular weight excluding hydrogens is 230 g/mol. The van der Waals surface area contributed by atoms with Gasteiger partial charge in [-0.05, 0) is 50.5 Å². The number of nitrogens with zero attached hydrogens (tertiary/aromatic N) is 2. The number of likely N-dealkylation sites (tertiary alicyclic amines) is 1. The molecule has 0 aromatic carbocycles. The Labute approximate surface area is 109 Å². The molecule has 4 heteroatoms. The van der Waals surface area contributed by atoms with Gasteiger partial charge in [-0.25, -0.2) is 0 Å². The molecule has 1 atom stereocenters. The van der Waals surface area contributed by atoms with E-state index in [4.69, 9.17) is 12.2 Å². The largest absolute Gasteiger partial charge is 0.337 e. The van der Waals surface area contributed by atoms with Gasteiger partial charge in [0, 0.05) is 25.0 Å². The lowest BCUT2D eigenvalue weighted by atomic mass is 9.98. The van der Waals surface area contributed by atoms with E-state index in [1.807, 2.05) is 0 Å². The Kier molecular flexibility index (Phi) is 4.05. The Hall–Kier alpha value is -0.610. The summed E-state index contributed by atoms with van der Waals surface area (Å²) in [5.41, 5.74) is 1.34. The maximum Gasteiger partial charge on any atom is 0.177 e. The molecule has 96 valence electrons. The SMILES string of the molecule is CC(C)c1c[nH]c(=S)n1CC1CCCN(C)C1. The summed E-state index contributed by atoms with van der Waals surface area (Å²) in [6.45, 7) is 7.96. The molecule has 0 aliphatic carbocycles. The van der Waals surface area contributed by atoms with Crippen molar-refractivity contribution in [2.45, 2.75) is 39.2 Å². The number of nitrogens with one attached hydrogen (secondary N) is 1. The summed E-state index contributed by atoms with van der Waals surface area (Å²) in [5.74, 6) is 1.28. The molecule has 0 radical (unpaired) electrons. The number of H-pyrrole nitrogens is 1. The molecule has 1 fully saturated rings. The molecular formula is C13H23N3S. The Morgan fingerprint density at radius 3 is 2.94 bits per heavy atom. The molecule has 1 aromatic heterocycles. The summed E-state index contributed by atoms with van der Waals surface area (Å²) in [6, 6.07) is 0. The van der Waals surface area contributed by atoms with Gasteiger partial charge in [0.1, 0.15) is 0 Å². The lowest BCUT2D eigenvalue weighted by Gasteiger charge is -2.30. The van der Waals surface area contributed by atoms with Crippen molar-refractivity contribution in [2.75, 3.05) is 20.1 Å². The number of piperidine rings is 1. The van der Waals surface area contributed by atoms with Crippen LogP contribution in [0.25, 0.3) is 0 Å². The van der Waals surface area contributed by atoms with E-state index in [1.54, 1.807) is 0 Å². The molecule has 3 nitrogen and oxygen atoms in total. The van der Waals surface area contributed by atoms with Gasteiger partial charge in [0.15, 0.2) is 4.77 Å². The topological polar surface area (TPSA) is 24.0 Å². The van der Waals surface area contributed by atoms with Crippen molar-refractivity contribution >= 4 is 12.2 Å². The van der Waals surface area contributed by atoms with Crippen LogP contribution in [-0.4, -0.2) is 34.6 Å². The van der Waals surface area contributed by atoms with Crippen LogP contribution in [0, 0.1) is 10.7 Å². The van der Waals surface area contributed by atoms with Gasteiger partial charge in [-0.2, -0.15) is 0 Å². The zero-order valence-electron chi connectivity index (χ0n) is 11.1. The van der Waals surface area contributed by atoms with Crippen LogP contribution >= 0.6 is 12.2 Å². The second-order valence-corrected chi connectivity index (χ2v) is 5.94. The fourth-order valence-corrected chi connectivity index (χ4v) is 2.99. The van der Waals surface area contributed by atoms with E-state index in [1.165, 1.54) is 31.6 Å². The van der Waals surface area contributed by atoms with Crippen molar-refractivity contribution in [3.8, 4) is 0 Å². The van der Waals surface area contributed by atoms with Gasteiger partial charge in [-0.3, -0.25) is 0 Å². The average molecular weight is 253 g/mol. The van der Waals surface area contributed by atoms with E-state index in [2.05, 4.69) is 41.5 Å². The maximum absolute atomic E-state index is 5.38. The minimum atomic E-state index is 0.532. The highest BCUT2D eigenvalue weighted by atomic mass is 32.1. The minimum absolute atomic E-state index is 0.532. The van der Waals surface area contributed by atoms with E-state index in [0.29, 0.717) is 5.92 Å². The van der Waals surface area contributed by atoms with Gasteiger partial charge < -0.3 is 14.5 Å². The Bertz CT molecular complexity index is 419. The Balaban J connectivity index is 2.12. The number of aromatic amines is 1. The van der Waals surface area contributed by atoms with Crippen molar-refractivity contribution < 1.29 is 0 Å². The molecule has 1 aliphatic heterocycles. The standard InChI is InChI=1S/C13H23N3S/c1-10(2)12-7-14-13(17)16(12)9-11-5-4-6-15(3)8-11/h7,10-11H,4-6,8-9H2,1-3H3,(H,14,17). The molecule has 1 aromatic rings. The molecule has 0 bridgehead atoms. The van der Waals surface area contributed by atoms with Crippen molar-refractivity contribution in [1.82, 2.24) is 14.5 Å². The average Bonchev–Trinajstić information content (AvgIpc) is 2.61. The highest BCUT2D eigenvalue weighted by molar-refractivity contribution is 7.71. The molecule has 1 N–H and O–H groups in total.